The lowest BCUT2D eigenvalue weighted by Crippen LogP contribution is -2.32. The molecule has 0 radical (unpaired) electrons. The Balaban J connectivity index is 1.71. The summed E-state index contributed by atoms with van der Waals surface area (Å²) in [7, 11) is 0. The van der Waals surface area contributed by atoms with E-state index in [0.717, 1.165) is 18.5 Å². The molecule has 1 aromatic carbocycles. The monoisotopic (exact) mass is 313 g/mol. The van der Waals surface area contributed by atoms with Gasteiger partial charge in [0.05, 0.1) is 6.33 Å². The highest BCUT2D eigenvalue weighted by molar-refractivity contribution is 5.75. The summed E-state index contributed by atoms with van der Waals surface area (Å²) >= 11 is 0. The number of hydrogen-bond acceptors (Lipinski definition) is 3. The van der Waals surface area contributed by atoms with Crippen LogP contribution < -0.4 is 10.9 Å². The molecule has 0 atom stereocenters. The quantitative estimate of drug-likeness (QED) is 0.850. The van der Waals surface area contributed by atoms with Crippen LogP contribution >= 0.6 is 0 Å². The van der Waals surface area contributed by atoms with Crippen molar-refractivity contribution in [3.05, 3.63) is 63.8 Å². The molecule has 122 valence electrons. The van der Waals surface area contributed by atoms with Crippen LogP contribution in [0.2, 0.25) is 0 Å². The molecule has 0 saturated heterocycles. The Morgan fingerprint density at radius 2 is 1.96 bits per heavy atom. The van der Waals surface area contributed by atoms with Crippen molar-refractivity contribution in [2.24, 2.45) is 0 Å². The third-order valence-electron chi connectivity index (χ3n) is 3.90. The molecule has 1 aromatic heterocycles. The van der Waals surface area contributed by atoms with Crippen molar-refractivity contribution in [1.82, 2.24) is 14.9 Å². The van der Waals surface area contributed by atoms with Crippen molar-refractivity contribution < 1.29 is 4.79 Å². The molecule has 2 rings (SSSR count). The average molecular weight is 313 g/mol. The van der Waals surface area contributed by atoms with Gasteiger partial charge in [-0.1, -0.05) is 30.3 Å². The highest BCUT2D eigenvalue weighted by atomic mass is 16.1. The maximum absolute atomic E-state index is 12.0. The van der Waals surface area contributed by atoms with Crippen molar-refractivity contribution >= 4 is 5.91 Å². The van der Waals surface area contributed by atoms with E-state index in [-0.39, 0.29) is 11.5 Å². The number of aryl methyl sites for hydroxylation is 2. The van der Waals surface area contributed by atoms with Gasteiger partial charge < -0.3 is 5.32 Å². The van der Waals surface area contributed by atoms with Crippen molar-refractivity contribution in [1.29, 1.82) is 0 Å². The number of benzene rings is 1. The SMILES string of the molecule is Cc1ncn(CCNC(=O)CCCc2ccccc2)c(=O)c1C. The van der Waals surface area contributed by atoms with E-state index in [2.05, 4.69) is 22.4 Å². The molecular weight excluding hydrogens is 290 g/mol. The maximum atomic E-state index is 12.0. The molecule has 5 heteroatoms. The Bertz CT molecular complexity index is 708. The van der Waals surface area contributed by atoms with E-state index in [1.165, 1.54) is 16.5 Å². The molecule has 0 spiro atoms. The minimum Gasteiger partial charge on any atom is -0.354 e. The molecule has 0 bridgehead atoms. The van der Waals surface area contributed by atoms with Crippen LogP contribution in [0.25, 0.3) is 0 Å². The van der Waals surface area contributed by atoms with E-state index in [0.29, 0.717) is 25.1 Å². The van der Waals surface area contributed by atoms with E-state index >= 15 is 0 Å². The highest BCUT2D eigenvalue weighted by Gasteiger charge is 2.05. The van der Waals surface area contributed by atoms with Crippen molar-refractivity contribution in [2.45, 2.75) is 39.7 Å². The second-order valence-electron chi connectivity index (χ2n) is 5.64. The van der Waals surface area contributed by atoms with Gasteiger partial charge in [0.15, 0.2) is 0 Å². The van der Waals surface area contributed by atoms with Crippen LogP contribution in [0.1, 0.15) is 29.7 Å². The molecule has 1 heterocycles. The number of carbonyl (C=O) groups excluding carboxylic acids is 1. The molecule has 0 saturated carbocycles. The molecule has 1 N–H and O–H groups in total. The predicted octanol–water partition coefficient (Wildman–Crippen LogP) is 2.00. The minimum atomic E-state index is -0.0455. The van der Waals surface area contributed by atoms with Gasteiger partial charge in [-0.15, -0.1) is 0 Å². The van der Waals surface area contributed by atoms with Gasteiger partial charge in [0, 0.05) is 30.8 Å². The first-order valence-corrected chi connectivity index (χ1v) is 7.91. The number of carbonyl (C=O) groups is 1. The summed E-state index contributed by atoms with van der Waals surface area (Å²) in [6, 6.07) is 10.1. The van der Waals surface area contributed by atoms with Crippen molar-refractivity contribution in [3.8, 4) is 0 Å². The number of amides is 1. The Hall–Kier alpha value is -2.43. The van der Waals surface area contributed by atoms with Crippen molar-refractivity contribution in [3.63, 3.8) is 0 Å². The average Bonchev–Trinajstić information content (AvgIpc) is 2.56. The smallest absolute Gasteiger partial charge is 0.256 e. The van der Waals surface area contributed by atoms with Crippen LogP contribution in [-0.4, -0.2) is 22.0 Å². The fourth-order valence-corrected chi connectivity index (χ4v) is 2.34. The molecule has 0 unspecified atom stereocenters. The highest BCUT2D eigenvalue weighted by Crippen LogP contribution is 2.04. The van der Waals surface area contributed by atoms with Crippen LogP contribution in [-0.2, 0) is 17.8 Å². The normalized spacial score (nSPS) is 10.5. The summed E-state index contributed by atoms with van der Waals surface area (Å²) in [6.07, 6.45) is 3.75. The zero-order chi connectivity index (χ0) is 16.7. The lowest BCUT2D eigenvalue weighted by molar-refractivity contribution is -0.121. The number of hydrogen-bond donors (Lipinski definition) is 1. The molecule has 0 fully saturated rings. The van der Waals surface area contributed by atoms with Gasteiger partial charge in [0.1, 0.15) is 0 Å². The van der Waals surface area contributed by atoms with Gasteiger partial charge in [-0.25, -0.2) is 4.98 Å². The zero-order valence-electron chi connectivity index (χ0n) is 13.7. The van der Waals surface area contributed by atoms with E-state index in [4.69, 9.17) is 0 Å². The lowest BCUT2D eigenvalue weighted by Gasteiger charge is -2.09. The number of nitrogens with one attached hydrogen (secondary N) is 1. The second kappa shape index (κ2) is 8.27. The van der Waals surface area contributed by atoms with E-state index in [1.54, 1.807) is 6.92 Å². The van der Waals surface area contributed by atoms with Crippen LogP contribution in [0.4, 0.5) is 0 Å². The molecule has 0 aliphatic rings. The van der Waals surface area contributed by atoms with Gasteiger partial charge in [0.2, 0.25) is 5.91 Å². The summed E-state index contributed by atoms with van der Waals surface area (Å²) in [5, 5.41) is 2.85. The van der Waals surface area contributed by atoms with Gasteiger partial charge >= 0.3 is 0 Å². The standard InChI is InChI=1S/C18H23N3O2/c1-14-15(2)20-13-21(18(14)23)12-11-19-17(22)10-6-9-16-7-4-3-5-8-16/h3-5,7-8,13H,6,9-12H2,1-2H3,(H,19,22). The van der Waals surface area contributed by atoms with Crippen LogP contribution in [0.3, 0.4) is 0 Å². The molecular formula is C18H23N3O2. The largest absolute Gasteiger partial charge is 0.354 e. The topological polar surface area (TPSA) is 64.0 Å². The molecule has 5 nitrogen and oxygen atoms in total. The molecule has 0 aliphatic heterocycles. The Kier molecular flexibility index (Phi) is 6.09. The van der Waals surface area contributed by atoms with Crippen LogP contribution in [0.15, 0.2) is 41.5 Å². The Morgan fingerprint density at radius 3 is 2.70 bits per heavy atom. The Morgan fingerprint density at radius 1 is 1.22 bits per heavy atom. The first-order chi connectivity index (χ1) is 11.1. The van der Waals surface area contributed by atoms with E-state index in [9.17, 15) is 9.59 Å². The van der Waals surface area contributed by atoms with Crippen LogP contribution in [0, 0.1) is 13.8 Å². The molecule has 23 heavy (non-hydrogen) atoms. The second-order valence-corrected chi connectivity index (χ2v) is 5.64. The molecule has 2 aromatic rings. The fourth-order valence-electron chi connectivity index (χ4n) is 2.34. The molecule has 1 amide bonds. The third-order valence-corrected chi connectivity index (χ3v) is 3.90. The zero-order valence-corrected chi connectivity index (χ0v) is 13.7. The third kappa shape index (κ3) is 5.06. The number of nitrogens with zero attached hydrogens (tertiary/aromatic N) is 2. The summed E-state index contributed by atoms with van der Waals surface area (Å²) in [4.78, 5) is 28.0. The van der Waals surface area contributed by atoms with Gasteiger partial charge in [-0.3, -0.25) is 14.2 Å². The summed E-state index contributed by atoms with van der Waals surface area (Å²) in [6.45, 7) is 4.46. The minimum absolute atomic E-state index is 0.0192. The summed E-state index contributed by atoms with van der Waals surface area (Å²) in [5.74, 6) is 0.0192. The maximum Gasteiger partial charge on any atom is 0.256 e. The van der Waals surface area contributed by atoms with Crippen molar-refractivity contribution in [2.75, 3.05) is 6.54 Å². The molecule has 0 aliphatic carbocycles. The Labute approximate surface area is 136 Å². The van der Waals surface area contributed by atoms with E-state index < -0.39 is 0 Å². The predicted molar refractivity (Wildman–Crippen MR) is 90.4 cm³/mol. The number of rotatable bonds is 7. The number of aromatic nitrogens is 2. The van der Waals surface area contributed by atoms with Gasteiger partial charge in [-0.05, 0) is 32.3 Å². The summed E-state index contributed by atoms with van der Waals surface area (Å²) in [5.41, 5.74) is 2.60. The fraction of sp³-hybridized carbons (Fsp3) is 0.389. The van der Waals surface area contributed by atoms with Crippen LogP contribution in [0.5, 0.6) is 0 Å². The van der Waals surface area contributed by atoms with E-state index in [1.807, 2.05) is 25.1 Å². The van der Waals surface area contributed by atoms with Gasteiger partial charge in [0.25, 0.3) is 5.56 Å². The lowest BCUT2D eigenvalue weighted by atomic mass is 10.1. The van der Waals surface area contributed by atoms with Gasteiger partial charge in [-0.2, -0.15) is 0 Å². The first-order valence-electron chi connectivity index (χ1n) is 7.91. The summed E-state index contributed by atoms with van der Waals surface area (Å²) < 4.78 is 1.53. The first kappa shape index (κ1) is 16.9.